The molecule has 2 aliphatic rings. The van der Waals surface area contributed by atoms with Crippen LogP contribution in [-0.4, -0.2) is 46.8 Å². The molecule has 2 fully saturated rings. The summed E-state index contributed by atoms with van der Waals surface area (Å²) in [6.45, 7) is 4.10. The highest BCUT2D eigenvalue weighted by Gasteiger charge is 2.46. The quantitative estimate of drug-likeness (QED) is 0.916. The van der Waals surface area contributed by atoms with Gasteiger partial charge in [0, 0.05) is 45.1 Å². The zero-order chi connectivity index (χ0) is 15.9. The molecule has 1 unspecified atom stereocenters. The Kier molecular flexibility index (Phi) is 3.58. The van der Waals surface area contributed by atoms with Crippen molar-refractivity contribution in [2.24, 2.45) is 0 Å². The van der Waals surface area contributed by atoms with Gasteiger partial charge >= 0.3 is 0 Å². The van der Waals surface area contributed by atoms with Gasteiger partial charge in [-0.2, -0.15) is 0 Å². The van der Waals surface area contributed by atoms with Crippen LogP contribution < -0.4 is 5.32 Å². The highest BCUT2D eigenvalue weighted by atomic mass is 16.5. The van der Waals surface area contributed by atoms with E-state index in [-0.39, 0.29) is 17.6 Å². The number of nitrogens with one attached hydrogen (secondary N) is 1. The van der Waals surface area contributed by atoms with E-state index in [0.717, 1.165) is 30.5 Å². The van der Waals surface area contributed by atoms with Gasteiger partial charge in [-0.25, -0.2) is 4.98 Å². The van der Waals surface area contributed by atoms with Gasteiger partial charge in [-0.1, -0.05) is 6.07 Å². The molecule has 23 heavy (non-hydrogen) atoms. The van der Waals surface area contributed by atoms with E-state index < -0.39 is 0 Å². The van der Waals surface area contributed by atoms with E-state index in [1.165, 1.54) is 0 Å². The molecule has 4 heterocycles. The van der Waals surface area contributed by atoms with Crippen molar-refractivity contribution in [3.63, 3.8) is 0 Å². The predicted molar refractivity (Wildman–Crippen MR) is 84.5 cm³/mol. The minimum Gasteiger partial charge on any atom is -0.381 e. The molecule has 0 radical (unpaired) electrons. The second kappa shape index (κ2) is 5.62. The largest absolute Gasteiger partial charge is 0.381 e. The smallest absolute Gasteiger partial charge is 0.271 e. The molecular weight excluding hydrogens is 294 g/mol. The summed E-state index contributed by atoms with van der Waals surface area (Å²) in [4.78, 5) is 17.0. The predicted octanol–water partition coefficient (Wildman–Crippen LogP) is 1.71. The molecule has 2 aromatic heterocycles. The van der Waals surface area contributed by atoms with Crippen LogP contribution in [0.3, 0.4) is 0 Å². The van der Waals surface area contributed by atoms with Crippen LogP contribution in [0.25, 0.3) is 5.65 Å². The third kappa shape index (κ3) is 2.62. The fourth-order valence-electron chi connectivity index (χ4n) is 3.60. The van der Waals surface area contributed by atoms with Gasteiger partial charge in [0.1, 0.15) is 11.3 Å². The lowest BCUT2D eigenvalue weighted by Gasteiger charge is -2.37. The van der Waals surface area contributed by atoms with Crippen molar-refractivity contribution >= 4 is 11.6 Å². The molecular formula is C17H21N3O3. The lowest BCUT2D eigenvalue weighted by molar-refractivity contribution is -0.0872. The van der Waals surface area contributed by atoms with Crippen LogP contribution >= 0.6 is 0 Å². The number of aromatic nitrogens is 2. The lowest BCUT2D eigenvalue weighted by Crippen LogP contribution is -2.52. The maximum atomic E-state index is 12.6. The van der Waals surface area contributed by atoms with Crippen LogP contribution in [0, 0.1) is 6.92 Å². The summed E-state index contributed by atoms with van der Waals surface area (Å²) in [5.41, 5.74) is 2.10. The van der Waals surface area contributed by atoms with Crippen molar-refractivity contribution in [3.8, 4) is 0 Å². The summed E-state index contributed by atoms with van der Waals surface area (Å²) in [6, 6.07) is 3.95. The molecule has 6 heteroatoms. The molecule has 0 saturated carbocycles. The summed E-state index contributed by atoms with van der Waals surface area (Å²) >= 11 is 0. The molecule has 6 nitrogen and oxygen atoms in total. The number of carbonyl (C=O) groups excluding carboxylic acids is 1. The molecule has 122 valence electrons. The molecule has 1 N–H and O–H groups in total. The third-order valence-electron chi connectivity index (χ3n) is 4.91. The van der Waals surface area contributed by atoms with E-state index in [1.54, 1.807) is 6.20 Å². The van der Waals surface area contributed by atoms with Crippen LogP contribution in [0.2, 0.25) is 0 Å². The number of amides is 1. The second-order valence-electron chi connectivity index (χ2n) is 6.44. The van der Waals surface area contributed by atoms with E-state index in [1.807, 2.05) is 29.7 Å². The average molecular weight is 315 g/mol. The van der Waals surface area contributed by atoms with Gasteiger partial charge in [-0.05, 0) is 25.0 Å². The minimum atomic E-state index is -0.260. The molecule has 2 aromatic rings. The molecule has 2 saturated heterocycles. The molecule has 1 spiro atoms. The number of hydrogen-bond acceptors (Lipinski definition) is 4. The molecule has 1 amide bonds. The summed E-state index contributed by atoms with van der Waals surface area (Å²) in [7, 11) is 0. The monoisotopic (exact) mass is 315 g/mol. The Morgan fingerprint density at radius 1 is 1.30 bits per heavy atom. The summed E-state index contributed by atoms with van der Waals surface area (Å²) in [6.07, 6.45) is 6.27. The second-order valence-corrected chi connectivity index (χ2v) is 6.44. The number of rotatable bonds is 2. The van der Waals surface area contributed by atoms with Crippen LogP contribution in [-0.2, 0) is 9.47 Å². The first-order valence-electron chi connectivity index (χ1n) is 8.14. The number of carbonyl (C=O) groups is 1. The molecule has 0 aromatic carbocycles. The van der Waals surface area contributed by atoms with Gasteiger partial charge in [0.25, 0.3) is 5.91 Å². The van der Waals surface area contributed by atoms with E-state index in [0.29, 0.717) is 25.5 Å². The SMILES string of the molecule is Cc1ccc2nc(C(=O)NC3CCOC34CCOCC4)cn2c1. The molecule has 0 aliphatic carbocycles. The third-order valence-corrected chi connectivity index (χ3v) is 4.91. The van der Waals surface area contributed by atoms with E-state index in [4.69, 9.17) is 9.47 Å². The number of hydrogen-bond donors (Lipinski definition) is 1. The van der Waals surface area contributed by atoms with E-state index in [9.17, 15) is 4.79 Å². The van der Waals surface area contributed by atoms with Crippen molar-refractivity contribution in [1.82, 2.24) is 14.7 Å². The number of imidazole rings is 1. The Bertz CT molecular complexity index is 734. The fraction of sp³-hybridized carbons (Fsp3) is 0.529. The van der Waals surface area contributed by atoms with Gasteiger partial charge in [-0.15, -0.1) is 0 Å². The Morgan fingerprint density at radius 3 is 2.96 bits per heavy atom. The number of fused-ring (bicyclic) bond motifs is 1. The Hall–Kier alpha value is -1.92. The van der Waals surface area contributed by atoms with Gasteiger partial charge in [0.15, 0.2) is 0 Å². The highest BCUT2D eigenvalue weighted by molar-refractivity contribution is 5.93. The number of aryl methyl sites for hydroxylation is 1. The van der Waals surface area contributed by atoms with Crippen LogP contribution in [0.4, 0.5) is 0 Å². The van der Waals surface area contributed by atoms with Crippen molar-refractivity contribution < 1.29 is 14.3 Å². The zero-order valence-corrected chi connectivity index (χ0v) is 13.2. The Morgan fingerprint density at radius 2 is 2.13 bits per heavy atom. The standard InChI is InChI=1S/C17H21N3O3/c1-12-2-3-15-18-13(11-20(15)10-12)16(21)19-14-4-7-23-17(14)5-8-22-9-6-17/h2-3,10-11,14H,4-9H2,1H3,(H,19,21). The van der Waals surface area contributed by atoms with Gasteiger partial charge < -0.3 is 19.2 Å². The highest BCUT2D eigenvalue weighted by Crippen LogP contribution is 2.35. The van der Waals surface area contributed by atoms with Gasteiger partial charge in [-0.3, -0.25) is 4.79 Å². The Balaban J connectivity index is 1.54. The van der Waals surface area contributed by atoms with E-state index >= 15 is 0 Å². The average Bonchev–Trinajstić information content (AvgIpc) is 3.13. The van der Waals surface area contributed by atoms with Crippen molar-refractivity contribution in [2.75, 3.05) is 19.8 Å². The maximum absolute atomic E-state index is 12.6. The maximum Gasteiger partial charge on any atom is 0.271 e. The fourth-order valence-corrected chi connectivity index (χ4v) is 3.60. The first-order chi connectivity index (χ1) is 11.2. The van der Waals surface area contributed by atoms with E-state index in [2.05, 4.69) is 10.3 Å². The van der Waals surface area contributed by atoms with Crippen LogP contribution in [0.5, 0.6) is 0 Å². The topological polar surface area (TPSA) is 64.9 Å². The van der Waals surface area contributed by atoms with Crippen molar-refractivity contribution in [1.29, 1.82) is 0 Å². The summed E-state index contributed by atoms with van der Waals surface area (Å²) in [5, 5.41) is 3.14. The Labute approximate surface area is 134 Å². The first kappa shape index (κ1) is 14.7. The molecule has 0 bridgehead atoms. The van der Waals surface area contributed by atoms with Crippen molar-refractivity contribution in [3.05, 3.63) is 35.8 Å². The number of ether oxygens (including phenoxy) is 2. The molecule has 2 aliphatic heterocycles. The summed E-state index contributed by atoms with van der Waals surface area (Å²) in [5.74, 6) is -0.132. The van der Waals surface area contributed by atoms with Crippen LogP contribution in [0.15, 0.2) is 24.5 Å². The van der Waals surface area contributed by atoms with Gasteiger partial charge in [0.05, 0.1) is 11.6 Å². The molecule has 1 atom stereocenters. The normalized spacial score (nSPS) is 23.4. The van der Waals surface area contributed by atoms with Gasteiger partial charge in [0.2, 0.25) is 0 Å². The summed E-state index contributed by atoms with van der Waals surface area (Å²) < 4.78 is 13.3. The molecule has 4 rings (SSSR count). The minimum absolute atomic E-state index is 0.0328. The first-order valence-corrected chi connectivity index (χ1v) is 8.14. The zero-order valence-electron chi connectivity index (χ0n) is 13.2. The van der Waals surface area contributed by atoms with Crippen LogP contribution in [0.1, 0.15) is 35.3 Å². The lowest BCUT2D eigenvalue weighted by atomic mass is 9.86. The number of pyridine rings is 1. The van der Waals surface area contributed by atoms with Crippen molar-refractivity contribution in [2.45, 2.75) is 37.8 Å². The number of nitrogens with zero attached hydrogens (tertiary/aromatic N) is 2.